The Bertz CT molecular complexity index is 222. The lowest BCUT2D eigenvalue weighted by Crippen LogP contribution is -2.26. The van der Waals surface area contributed by atoms with Crippen molar-refractivity contribution >= 4 is 11.8 Å². The molecule has 2 atom stereocenters. The van der Waals surface area contributed by atoms with Gasteiger partial charge in [0.1, 0.15) is 5.44 Å². The van der Waals surface area contributed by atoms with Crippen LogP contribution in [0.1, 0.15) is 52.4 Å². The Morgan fingerprint density at radius 1 is 1.42 bits per heavy atom. The molecular formula is C15H31NO2S. The molecule has 1 rings (SSSR count). The van der Waals surface area contributed by atoms with E-state index in [1.165, 1.54) is 19.3 Å². The van der Waals surface area contributed by atoms with Crippen molar-refractivity contribution in [1.29, 1.82) is 0 Å². The predicted octanol–water partition coefficient (Wildman–Crippen LogP) is 3.42. The second-order valence-corrected chi connectivity index (χ2v) is 7.04. The molecule has 0 aromatic rings. The molecule has 0 aromatic carbocycles. The number of hydrogen-bond donors (Lipinski definition) is 1. The van der Waals surface area contributed by atoms with E-state index in [4.69, 9.17) is 15.2 Å². The first-order valence-electron chi connectivity index (χ1n) is 7.71. The van der Waals surface area contributed by atoms with E-state index in [-0.39, 0.29) is 5.41 Å². The Labute approximate surface area is 123 Å². The van der Waals surface area contributed by atoms with Gasteiger partial charge >= 0.3 is 0 Å². The molecule has 0 bridgehead atoms. The van der Waals surface area contributed by atoms with Gasteiger partial charge < -0.3 is 15.2 Å². The van der Waals surface area contributed by atoms with E-state index in [2.05, 4.69) is 13.8 Å². The van der Waals surface area contributed by atoms with E-state index >= 15 is 0 Å². The molecule has 4 heteroatoms. The van der Waals surface area contributed by atoms with Gasteiger partial charge in [0.05, 0.1) is 6.61 Å². The Hall–Kier alpha value is 0.230. The van der Waals surface area contributed by atoms with Gasteiger partial charge in [-0.05, 0) is 56.2 Å². The maximum Gasteiger partial charge on any atom is 0.103 e. The quantitative estimate of drug-likeness (QED) is 0.626. The summed E-state index contributed by atoms with van der Waals surface area (Å²) in [6, 6.07) is 0. The van der Waals surface area contributed by atoms with Crippen molar-refractivity contribution in [2.45, 2.75) is 57.8 Å². The van der Waals surface area contributed by atoms with Crippen LogP contribution in [0.15, 0.2) is 0 Å². The third-order valence-corrected chi connectivity index (χ3v) is 5.19. The first-order chi connectivity index (χ1) is 9.20. The molecule has 0 radical (unpaired) electrons. The number of ether oxygens (including phenoxy) is 2. The molecule has 114 valence electrons. The summed E-state index contributed by atoms with van der Waals surface area (Å²) >= 11 is 1.95. The van der Waals surface area contributed by atoms with Crippen LogP contribution in [-0.2, 0) is 9.47 Å². The number of hydrogen-bond acceptors (Lipinski definition) is 4. The van der Waals surface area contributed by atoms with Gasteiger partial charge in [0, 0.05) is 13.2 Å². The maximum absolute atomic E-state index is 5.82. The molecule has 1 heterocycles. The summed E-state index contributed by atoms with van der Waals surface area (Å²) in [5.41, 5.74) is 6.35. The average molecular weight is 289 g/mol. The van der Waals surface area contributed by atoms with Crippen LogP contribution in [0.2, 0.25) is 0 Å². The zero-order valence-corrected chi connectivity index (χ0v) is 13.5. The molecule has 2 unspecified atom stereocenters. The lowest BCUT2D eigenvalue weighted by atomic mass is 9.85. The van der Waals surface area contributed by atoms with Crippen molar-refractivity contribution in [2.24, 2.45) is 11.1 Å². The van der Waals surface area contributed by atoms with Gasteiger partial charge in [-0.25, -0.2) is 0 Å². The van der Waals surface area contributed by atoms with Crippen molar-refractivity contribution in [3.05, 3.63) is 0 Å². The summed E-state index contributed by atoms with van der Waals surface area (Å²) in [6.07, 6.45) is 7.07. The van der Waals surface area contributed by atoms with Crippen molar-refractivity contribution in [1.82, 2.24) is 0 Å². The molecule has 0 spiro atoms. The normalized spacial score (nSPS) is 23.2. The van der Waals surface area contributed by atoms with Gasteiger partial charge in [-0.2, -0.15) is 0 Å². The molecular weight excluding hydrogens is 258 g/mol. The summed E-state index contributed by atoms with van der Waals surface area (Å²) in [5.74, 6) is 1.14. The molecule has 1 aliphatic heterocycles. The fraction of sp³-hybridized carbons (Fsp3) is 1.00. The molecule has 0 saturated carbocycles. The summed E-state index contributed by atoms with van der Waals surface area (Å²) in [5, 5.41) is 0. The van der Waals surface area contributed by atoms with E-state index in [1.807, 2.05) is 11.8 Å². The second-order valence-electron chi connectivity index (χ2n) is 5.78. The van der Waals surface area contributed by atoms with E-state index in [9.17, 15) is 0 Å². The van der Waals surface area contributed by atoms with Crippen molar-refractivity contribution in [3.8, 4) is 0 Å². The molecule has 19 heavy (non-hydrogen) atoms. The largest absolute Gasteiger partial charge is 0.381 e. The monoisotopic (exact) mass is 289 g/mol. The minimum absolute atomic E-state index is 0.258. The van der Waals surface area contributed by atoms with Gasteiger partial charge in [-0.15, -0.1) is 11.8 Å². The maximum atomic E-state index is 5.82. The van der Waals surface area contributed by atoms with E-state index in [0.29, 0.717) is 5.44 Å². The zero-order valence-electron chi connectivity index (χ0n) is 12.7. The number of nitrogens with two attached hydrogens (primary N) is 1. The summed E-state index contributed by atoms with van der Waals surface area (Å²) in [4.78, 5) is 0. The minimum Gasteiger partial charge on any atom is -0.381 e. The van der Waals surface area contributed by atoms with Crippen LogP contribution in [0.4, 0.5) is 0 Å². The SMILES string of the molecule is CCC(C)(CCN)COCCCSC1CCCCO1. The Balaban J connectivity index is 1.98. The van der Waals surface area contributed by atoms with Crippen molar-refractivity contribution in [2.75, 3.05) is 32.1 Å². The average Bonchev–Trinajstić information content (AvgIpc) is 2.44. The fourth-order valence-corrected chi connectivity index (χ4v) is 3.31. The predicted molar refractivity (Wildman–Crippen MR) is 83.6 cm³/mol. The summed E-state index contributed by atoms with van der Waals surface area (Å²) in [7, 11) is 0. The highest BCUT2D eigenvalue weighted by molar-refractivity contribution is 7.99. The number of thioether (sulfide) groups is 1. The molecule has 1 fully saturated rings. The van der Waals surface area contributed by atoms with Gasteiger partial charge in [0.15, 0.2) is 0 Å². The van der Waals surface area contributed by atoms with Gasteiger partial charge in [-0.1, -0.05) is 13.8 Å². The minimum atomic E-state index is 0.258. The van der Waals surface area contributed by atoms with E-state index in [0.717, 1.165) is 51.4 Å². The third kappa shape index (κ3) is 7.54. The third-order valence-electron chi connectivity index (χ3n) is 3.93. The molecule has 0 aromatic heterocycles. The smallest absolute Gasteiger partial charge is 0.103 e. The second kappa shape index (κ2) is 10.0. The first kappa shape index (κ1) is 17.3. The van der Waals surface area contributed by atoms with Crippen LogP contribution >= 0.6 is 11.8 Å². The lowest BCUT2D eigenvalue weighted by molar-refractivity contribution is 0.0474. The van der Waals surface area contributed by atoms with E-state index in [1.54, 1.807) is 0 Å². The molecule has 3 nitrogen and oxygen atoms in total. The Kier molecular flexibility index (Phi) is 9.12. The Morgan fingerprint density at radius 3 is 2.89 bits per heavy atom. The molecule has 2 N–H and O–H groups in total. The van der Waals surface area contributed by atoms with Crippen LogP contribution < -0.4 is 5.73 Å². The lowest BCUT2D eigenvalue weighted by Gasteiger charge is -2.27. The highest BCUT2D eigenvalue weighted by Gasteiger charge is 2.21. The standard InChI is InChI=1S/C15H31NO2S/c1-3-15(2,8-9-16)13-17-10-6-12-19-14-7-4-5-11-18-14/h14H,3-13,16H2,1-2H3. The van der Waals surface area contributed by atoms with Crippen LogP contribution in [0, 0.1) is 5.41 Å². The van der Waals surface area contributed by atoms with Gasteiger partial charge in [-0.3, -0.25) is 0 Å². The van der Waals surface area contributed by atoms with Crippen molar-refractivity contribution < 1.29 is 9.47 Å². The van der Waals surface area contributed by atoms with Gasteiger partial charge in [0.25, 0.3) is 0 Å². The molecule has 0 aliphatic carbocycles. The summed E-state index contributed by atoms with van der Waals surface area (Å²) < 4.78 is 11.5. The highest BCUT2D eigenvalue weighted by atomic mass is 32.2. The fourth-order valence-electron chi connectivity index (χ4n) is 2.24. The van der Waals surface area contributed by atoms with E-state index < -0.39 is 0 Å². The van der Waals surface area contributed by atoms with Crippen molar-refractivity contribution in [3.63, 3.8) is 0 Å². The molecule has 1 saturated heterocycles. The Morgan fingerprint density at radius 2 is 2.26 bits per heavy atom. The topological polar surface area (TPSA) is 44.5 Å². The summed E-state index contributed by atoms with van der Waals surface area (Å²) in [6.45, 7) is 7.88. The van der Waals surface area contributed by atoms with Gasteiger partial charge in [0.2, 0.25) is 0 Å². The first-order valence-corrected chi connectivity index (χ1v) is 8.76. The number of rotatable bonds is 10. The molecule has 1 aliphatic rings. The zero-order chi connectivity index (χ0) is 14.0. The molecule has 0 amide bonds. The van der Waals surface area contributed by atoms with Crippen LogP contribution in [0.3, 0.4) is 0 Å². The van der Waals surface area contributed by atoms with Crippen LogP contribution in [-0.4, -0.2) is 37.6 Å². The highest BCUT2D eigenvalue weighted by Crippen LogP contribution is 2.26. The van der Waals surface area contributed by atoms with Crippen LogP contribution in [0.25, 0.3) is 0 Å². The van der Waals surface area contributed by atoms with Crippen LogP contribution in [0.5, 0.6) is 0 Å².